The number of carbonyl (C=O) groups excluding carboxylic acids is 1. The summed E-state index contributed by atoms with van der Waals surface area (Å²) in [4.78, 5) is 11.8. The number of hydrogen-bond acceptors (Lipinski definition) is 2. The first-order chi connectivity index (χ1) is 11.4. The first kappa shape index (κ1) is 18.1. The number of urea groups is 1. The number of amides is 2. The molecule has 0 radical (unpaired) electrons. The van der Waals surface area contributed by atoms with Crippen molar-refractivity contribution in [2.45, 2.75) is 20.8 Å². The lowest BCUT2D eigenvalue weighted by molar-refractivity contribution is 0.247. The molecule has 0 fully saturated rings. The molecule has 24 heavy (non-hydrogen) atoms. The topological polar surface area (TPSA) is 50.4 Å². The van der Waals surface area contributed by atoms with E-state index in [4.69, 9.17) is 16.3 Å². The maximum atomic E-state index is 13.1. The van der Waals surface area contributed by atoms with Gasteiger partial charge in [0, 0.05) is 5.69 Å². The van der Waals surface area contributed by atoms with E-state index in [2.05, 4.69) is 16.7 Å². The van der Waals surface area contributed by atoms with Crippen molar-refractivity contribution in [2.24, 2.45) is 0 Å². The third kappa shape index (κ3) is 4.61. The minimum atomic E-state index is -0.528. The van der Waals surface area contributed by atoms with Crippen LogP contribution in [0.5, 0.6) is 5.75 Å². The number of carbonyl (C=O) groups is 1. The van der Waals surface area contributed by atoms with Crippen molar-refractivity contribution >= 4 is 23.3 Å². The molecule has 0 unspecified atom stereocenters. The van der Waals surface area contributed by atoms with Gasteiger partial charge in [-0.25, -0.2) is 9.18 Å². The van der Waals surface area contributed by atoms with Crippen molar-refractivity contribution < 1.29 is 13.9 Å². The van der Waals surface area contributed by atoms with Crippen LogP contribution in [0.15, 0.2) is 30.3 Å². The number of benzene rings is 2. The third-order valence-corrected chi connectivity index (χ3v) is 3.97. The van der Waals surface area contributed by atoms with E-state index in [-0.39, 0.29) is 5.02 Å². The first-order valence-corrected chi connectivity index (χ1v) is 7.96. The Morgan fingerprint density at radius 1 is 1.17 bits per heavy atom. The van der Waals surface area contributed by atoms with Gasteiger partial charge < -0.3 is 15.4 Å². The predicted octanol–water partition coefficient (Wildman–Crippen LogP) is 4.60. The van der Waals surface area contributed by atoms with Gasteiger partial charge in [0.2, 0.25) is 0 Å². The van der Waals surface area contributed by atoms with Gasteiger partial charge in [0.15, 0.2) is 0 Å². The Morgan fingerprint density at radius 3 is 2.58 bits per heavy atom. The van der Waals surface area contributed by atoms with Crippen LogP contribution < -0.4 is 15.4 Å². The molecule has 2 N–H and O–H groups in total. The largest absolute Gasteiger partial charge is 0.491 e. The number of ether oxygens (including phenoxy) is 1. The van der Waals surface area contributed by atoms with Gasteiger partial charge in [-0.2, -0.15) is 0 Å². The van der Waals surface area contributed by atoms with Crippen molar-refractivity contribution in [1.29, 1.82) is 0 Å². The monoisotopic (exact) mass is 350 g/mol. The lowest BCUT2D eigenvalue weighted by Gasteiger charge is -2.14. The fourth-order valence-electron chi connectivity index (χ4n) is 2.21. The summed E-state index contributed by atoms with van der Waals surface area (Å²) in [6, 6.07) is 7.65. The number of anilines is 1. The van der Waals surface area contributed by atoms with Crippen molar-refractivity contribution in [2.75, 3.05) is 18.5 Å². The molecule has 0 heterocycles. The van der Waals surface area contributed by atoms with E-state index < -0.39 is 11.8 Å². The number of nitrogens with one attached hydrogen (secondary N) is 2. The Labute approximate surface area is 146 Å². The van der Waals surface area contributed by atoms with Crippen LogP contribution in [0.25, 0.3) is 0 Å². The van der Waals surface area contributed by atoms with E-state index >= 15 is 0 Å². The predicted molar refractivity (Wildman–Crippen MR) is 94.6 cm³/mol. The summed E-state index contributed by atoms with van der Waals surface area (Å²) in [5.74, 6) is 0.322. The Balaban J connectivity index is 1.81. The van der Waals surface area contributed by atoms with Crippen LogP contribution in [-0.4, -0.2) is 19.2 Å². The maximum Gasteiger partial charge on any atom is 0.319 e. The number of rotatable bonds is 5. The quantitative estimate of drug-likeness (QED) is 0.774. The molecule has 0 spiro atoms. The van der Waals surface area contributed by atoms with Crippen molar-refractivity contribution in [3.63, 3.8) is 0 Å². The van der Waals surface area contributed by atoms with Crippen molar-refractivity contribution in [3.05, 3.63) is 57.9 Å². The molecule has 0 bridgehead atoms. The summed E-state index contributed by atoms with van der Waals surface area (Å²) in [5.41, 5.74) is 3.74. The van der Waals surface area contributed by atoms with E-state index in [1.54, 1.807) is 0 Å². The van der Waals surface area contributed by atoms with Gasteiger partial charge in [0.05, 0.1) is 11.6 Å². The molecule has 4 nitrogen and oxygen atoms in total. The van der Waals surface area contributed by atoms with E-state index in [1.807, 2.05) is 26.8 Å². The molecule has 0 aliphatic heterocycles. The van der Waals surface area contributed by atoms with Crippen molar-refractivity contribution in [1.82, 2.24) is 5.32 Å². The molecule has 6 heteroatoms. The molecule has 128 valence electrons. The van der Waals surface area contributed by atoms with Gasteiger partial charge in [-0.3, -0.25) is 0 Å². The minimum Gasteiger partial charge on any atom is -0.491 e. The third-order valence-electron chi connectivity index (χ3n) is 3.69. The maximum absolute atomic E-state index is 13.1. The molecule has 0 aromatic heterocycles. The van der Waals surface area contributed by atoms with Gasteiger partial charge >= 0.3 is 6.03 Å². The van der Waals surface area contributed by atoms with Gasteiger partial charge in [0.1, 0.15) is 18.2 Å². The first-order valence-electron chi connectivity index (χ1n) is 7.58. The zero-order chi connectivity index (χ0) is 17.7. The second-order valence-electron chi connectivity index (χ2n) is 5.51. The summed E-state index contributed by atoms with van der Waals surface area (Å²) >= 11 is 5.67. The van der Waals surface area contributed by atoms with Crippen LogP contribution >= 0.6 is 11.6 Å². The highest BCUT2D eigenvalue weighted by molar-refractivity contribution is 6.31. The summed E-state index contributed by atoms with van der Waals surface area (Å²) in [5, 5.41) is 5.22. The van der Waals surface area contributed by atoms with E-state index in [0.717, 1.165) is 22.4 Å². The van der Waals surface area contributed by atoms with Crippen LogP contribution in [0.4, 0.5) is 14.9 Å². The molecular weight excluding hydrogens is 331 g/mol. The Kier molecular flexibility index (Phi) is 6.04. The summed E-state index contributed by atoms with van der Waals surface area (Å²) in [7, 11) is 0. The molecule has 2 aromatic carbocycles. The van der Waals surface area contributed by atoms with Crippen molar-refractivity contribution in [3.8, 4) is 5.75 Å². The van der Waals surface area contributed by atoms with Crippen LogP contribution in [-0.2, 0) is 0 Å². The number of hydrogen-bond donors (Lipinski definition) is 2. The van der Waals surface area contributed by atoms with Gasteiger partial charge in [-0.15, -0.1) is 0 Å². The average molecular weight is 351 g/mol. The normalized spacial score (nSPS) is 10.4. The molecule has 2 rings (SSSR count). The van der Waals surface area contributed by atoms with Crippen LogP contribution in [0.2, 0.25) is 5.02 Å². The molecule has 2 amide bonds. The van der Waals surface area contributed by atoms with Gasteiger partial charge in [0.25, 0.3) is 0 Å². The summed E-state index contributed by atoms with van der Waals surface area (Å²) in [6.45, 7) is 6.72. The average Bonchev–Trinajstić information content (AvgIpc) is 2.54. The zero-order valence-corrected chi connectivity index (χ0v) is 14.6. The Hall–Kier alpha value is -2.27. The lowest BCUT2D eigenvalue weighted by atomic mass is 10.1. The fourth-order valence-corrected chi connectivity index (χ4v) is 2.39. The minimum absolute atomic E-state index is 0.0402. The molecule has 2 aromatic rings. The van der Waals surface area contributed by atoms with Gasteiger partial charge in [-0.1, -0.05) is 23.7 Å². The Morgan fingerprint density at radius 2 is 1.88 bits per heavy atom. The molecule has 0 saturated carbocycles. The SMILES string of the molecule is Cc1ccc(C)c(OCCNC(=O)Nc2ccc(F)c(Cl)c2)c1C. The highest BCUT2D eigenvalue weighted by Gasteiger charge is 2.07. The second kappa shape index (κ2) is 8.02. The zero-order valence-electron chi connectivity index (χ0n) is 13.9. The fraction of sp³-hybridized carbons (Fsp3) is 0.278. The highest BCUT2D eigenvalue weighted by atomic mass is 35.5. The van der Waals surface area contributed by atoms with E-state index in [1.165, 1.54) is 18.2 Å². The van der Waals surface area contributed by atoms with Crippen LogP contribution in [0, 0.1) is 26.6 Å². The van der Waals surface area contributed by atoms with Gasteiger partial charge in [-0.05, 0) is 55.7 Å². The molecule has 0 aliphatic rings. The lowest BCUT2D eigenvalue weighted by Crippen LogP contribution is -2.32. The second-order valence-corrected chi connectivity index (χ2v) is 5.92. The number of aryl methyl sites for hydroxylation is 2. The number of halogens is 2. The standard InChI is InChI=1S/C18H20ClFN2O2/c1-11-4-5-12(2)17(13(11)3)24-9-8-21-18(23)22-14-6-7-16(20)15(19)10-14/h4-7,10H,8-9H2,1-3H3,(H2,21,22,23). The van der Waals surface area contributed by atoms with Crippen LogP contribution in [0.3, 0.4) is 0 Å². The highest BCUT2D eigenvalue weighted by Crippen LogP contribution is 2.25. The van der Waals surface area contributed by atoms with E-state index in [9.17, 15) is 9.18 Å². The Bertz CT molecular complexity index is 750. The summed E-state index contributed by atoms with van der Waals surface area (Å²) < 4.78 is 18.8. The summed E-state index contributed by atoms with van der Waals surface area (Å²) in [6.07, 6.45) is 0. The smallest absolute Gasteiger partial charge is 0.319 e. The molecule has 0 aliphatic carbocycles. The molecule has 0 atom stereocenters. The molecule has 0 saturated heterocycles. The molecular formula is C18H20ClFN2O2. The van der Waals surface area contributed by atoms with Crippen LogP contribution in [0.1, 0.15) is 16.7 Å². The van der Waals surface area contributed by atoms with E-state index in [0.29, 0.717) is 18.8 Å².